The van der Waals surface area contributed by atoms with Gasteiger partial charge in [0.25, 0.3) is 0 Å². The van der Waals surface area contributed by atoms with Gasteiger partial charge in [0.15, 0.2) is 0 Å². The number of hydrogen-bond donors (Lipinski definition) is 1. The van der Waals surface area contributed by atoms with Crippen LogP contribution in [0.2, 0.25) is 0 Å². The number of nitrogens with one attached hydrogen (secondary N) is 1. The molecule has 0 radical (unpaired) electrons. The lowest BCUT2D eigenvalue weighted by molar-refractivity contribution is 0.201. The van der Waals surface area contributed by atoms with Gasteiger partial charge < -0.3 is 5.32 Å². The minimum Gasteiger partial charge on any atom is -0.308 e. The monoisotopic (exact) mass is 157 g/mol. The first-order chi connectivity index (χ1) is 5.12. The third-order valence-electron chi connectivity index (χ3n) is 3.10. The van der Waals surface area contributed by atoms with Crippen LogP contribution >= 0.6 is 0 Å². The van der Waals surface area contributed by atoms with Gasteiger partial charge in [0.05, 0.1) is 0 Å². The summed E-state index contributed by atoms with van der Waals surface area (Å²) in [5, 5.41) is 3.35. The average molecular weight is 157 g/mol. The zero-order valence-corrected chi connectivity index (χ0v) is 7.12. The van der Waals surface area contributed by atoms with Crippen molar-refractivity contribution in [3.05, 3.63) is 0 Å². The summed E-state index contributed by atoms with van der Waals surface area (Å²) in [4.78, 5) is 0. The molecule has 1 heterocycles. The van der Waals surface area contributed by atoms with Crippen molar-refractivity contribution in [1.82, 2.24) is 5.32 Å². The summed E-state index contributed by atoms with van der Waals surface area (Å²) in [5.41, 5.74) is -0.742. The number of rotatable bonds is 0. The highest BCUT2D eigenvalue weighted by Crippen LogP contribution is 2.41. The van der Waals surface area contributed by atoms with Crippen molar-refractivity contribution in [2.75, 3.05) is 6.54 Å². The van der Waals surface area contributed by atoms with Gasteiger partial charge in [-0.05, 0) is 19.8 Å². The zero-order chi connectivity index (χ0) is 7.95. The standard InChI is InChI=1S/C9H16FN/c1-8(10)6-9(11-7-8)4-2-3-5-9/h11H,2-7H2,1H3. The molecule has 0 aromatic carbocycles. The first-order valence-corrected chi connectivity index (χ1v) is 4.56. The topological polar surface area (TPSA) is 12.0 Å². The molecule has 0 aromatic heterocycles. The first kappa shape index (κ1) is 7.53. The van der Waals surface area contributed by atoms with Crippen molar-refractivity contribution < 1.29 is 4.39 Å². The molecule has 0 bridgehead atoms. The number of alkyl halides is 1. The van der Waals surface area contributed by atoms with Gasteiger partial charge in [0, 0.05) is 18.5 Å². The van der Waals surface area contributed by atoms with Gasteiger partial charge in [-0.25, -0.2) is 4.39 Å². The highest BCUT2D eigenvalue weighted by molar-refractivity contribution is 5.04. The Morgan fingerprint density at radius 2 is 1.91 bits per heavy atom. The maximum absolute atomic E-state index is 13.4. The van der Waals surface area contributed by atoms with Crippen molar-refractivity contribution in [1.29, 1.82) is 0 Å². The lowest BCUT2D eigenvalue weighted by atomic mass is 9.91. The largest absolute Gasteiger partial charge is 0.308 e. The summed E-state index contributed by atoms with van der Waals surface area (Å²) in [6.07, 6.45) is 5.67. The summed E-state index contributed by atoms with van der Waals surface area (Å²) in [6, 6.07) is 0. The van der Waals surface area contributed by atoms with Crippen molar-refractivity contribution in [3.63, 3.8) is 0 Å². The molecule has 0 aromatic rings. The smallest absolute Gasteiger partial charge is 0.122 e. The second-order valence-electron chi connectivity index (χ2n) is 4.43. The van der Waals surface area contributed by atoms with E-state index in [0.29, 0.717) is 6.54 Å². The Kier molecular flexibility index (Phi) is 1.50. The van der Waals surface area contributed by atoms with E-state index in [1.807, 2.05) is 0 Å². The van der Waals surface area contributed by atoms with E-state index in [9.17, 15) is 4.39 Å². The Balaban J connectivity index is 2.07. The van der Waals surface area contributed by atoms with Crippen molar-refractivity contribution in [2.24, 2.45) is 0 Å². The summed E-state index contributed by atoms with van der Waals surface area (Å²) >= 11 is 0. The molecule has 1 unspecified atom stereocenters. The predicted molar refractivity (Wildman–Crippen MR) is 43.3 cm³/mol. The Morgan fingerprint density at radius 1 is 1.27 bits per heavy atom. The maximum atomic E-state index is 13.4. The molecule has 1 aliphatic carbocycles. The van der Waals surface area contributed by atoms with Crippen molar-refractivity contribution >= 4 is 0 Å². The highest BCUT2D eigenvalue weighted by atomic mass is 19.1. The molecule has 1 nitrogen and oxygen atoms in total. The van der Waals surface area contributed by atoms with E-state index >= 15 is 0 Å². The second kappa shape index (κ2) is 2.19. The molecule has 1 saturated heterocycles. The molecule has 1 N–H and O–H groups in total. The molecule has 2 fully saturated rings. The van der Waals surface area contributed by atoms with Gasteiger partial charge in [0.1, 0.15) is 5.67 Å². The Labute approximate surface area is 67.4 Å². The molecule has 0 amide bonds. The van der Waals surface area contributed by atoms with Crippen LogP contribution in [0.3, 0.4) is 0 Å². The van der Waals surface area contributed by atoms with E-state index in [-0.39, 0.29) is 5.54 Å². The second-order valence-corrected chi connectivity index (χ2v) is 4.43. The van der Waals surface area contributed by atoms with E-state index < -0.39 is 5.67 Å². The van der Waals surface area contributed by atoms with Gasteiger partial charge in [-0.3, -0.25) is 0 Å². The van der Waals surface area contributed by atoms with Crippen LogP contribution in [0.4, 0.5) is 4.39 Å². The Bertz CT molecular complexity index is 159. The van der Waals surface area contributed by atoms with Crippen LogP contribution in [0, 0.1) is 0 Å². The summed E-state index contributed by atoms with van der Waals surface area (Å²) in [7, 11) is 0. The van der Waals surface area contributed by atoms with E-state index in [0.717, 1.165) is 6.42 Å². The van der Waals surface area contributed by atoms with E-state index in [1.165, 1.54) is 25.7 Å². The molecule has 1 saturated carbocycles. The molecule has 1 spiro atoms. The molecular weight excluding hydrogens is 141 g/mol. The number of halogens is 1. The highest BCUT2D eigenvalue weighted by Gasteiger charge is 2.46. The minimum absolute atomic E-state index is 0.198. The zero-order valence-electron chi connectivity index (χ0n) is 7.12. The molecule has 2 aliphatic rings. The summed E-state index contributed by atoms with van der Waals surface area (Å²) in [5.74, 6) is 0. The van der Waals surface area contributed by atoms with E-state index in [2.05, 4.69) is 5.32 Å². The van der Waals surface area contributed by atoms with Gasteiger partial charge in [-0.15, -0.1) is 0 Å². The fraction of sp³-hybridized carbons (Fsp3) is 1.00. The van der Waals surface area contributed by atoms with Crippen molar-refractivity contribution in [2.45, 2.75) is 50.2 Å². The molecule has 2 rings (SSSR count). The summed E-state index contributed by atoms with van der Waals surface area (Å²) in [6.45, 7) is 2.28. The van der Waals surface area contributed by atoms with Crippen LogP contribution in [0.1, 0.15) is 39.0 Å². The fourth-order valence-corrected chi connectivity index (χ4v) is 2.61. The van der Waals surface area contributed by atoms with Gasteiger partial charge >= 0.3 is 0 Å². The van der Waals surface area contributed by atoms with Gasteiger partial charge in [-0.1, -0.05) is 12.8 Å². The molecular formula is C9H16FN. The van der Waals surface area contributed by atoms with E-state index in [4.69, 9.17) is 0 Å². The Hall–Kier alpha value is -0.110. The number of hydrogen-bond acceptors (Lipinski definition) is 1. The quantitative estimate of drug-likeness (QED) is 0.567. The van der Waals surface area contributed by atoms with Crippen LogP contribution in [0.5, 0.6) is 0 Å². The fourth-order valence-electron chi connectivity index (χ4n) is 2.61. The van der Waals surface area contributed by atoms with Crippen LogP contribution in [0.25, 0.3) is 0 Å². The molecule has 64 valence electrons. The molecule has 11 heavy (non-hydrogen) atoms. The average Bonchev–Trinajstić information content (AvgIpc) is 2.43. The van der Waals surface area contributed by atoms with Crippen LogP contribution < -0.4 is 5.32 Å². The van der Waals surface area contributed by atoms with Gasteiger partial charge in [0.2, 0.25) is 0 Å². The molecule has 1 atom stereocenters. The SMILES string of the molecule is CC1(F)CNC2(CCCC2)C1. The third kappa shape index (κ3) is 1.28. The normalized spacial score (nSPS) is 42.0. The first-order valence-electron chi connectivity index (χ1n) is 4.56. The van der Waals surface area contributed by atoms with Crippen molar-refractivity contribution in [3.8, 4) is 0 Å². The maximum Gasteiger partial charge on any atom is 0.122 e. The predicted octanol–water partition coefficient (Wildman–Crippen LogP) is 2.02. The van der Waals surface area contributed by atoms with E-state index in [1.54, 1.807) is 6.92 Å². The molecule has 1 aliphatic heterocycles. The lowest BCUT2D eigenvalue weighted by Crippen LogP contribution is -2.35. The minimum atomic E-state index is -0.940. The Morgan fingerprint density at radius 3 is 2.36 bits per heavy atom. The van der Waals surface area contributed by atoms with Gasteiger partial charge in [-0.2, -0.15) is 0 Å². The third-order valence-corrected chi connectivity index (χ3v) is 3.10. The van der Waals surface area contributed by atoms with Crippen LogP contribution in [-0.2, 0) is 0 Å². The lowest BCUT2D eigenvalue weighted by Gasteiger charge is -2.23. The van der Waals surface area contributed by atoms with Crippen LogP contribution in [0.15, 0.2) is 0 Å². The summed E-state index contributed by atoms with van der Waals surface area (Å²) < 4.78 is 13.4. The molecule has 2 heteroatoms. The van der Waals surface area contributed by atoms with Crippen LogP contribution in [-0.4, -0.2) is 17.8 Å².